The summed E-state index contributed by atoms with van der Waals surface area (Å²) in [4.78, 5) is 11.9. The van der Waals surface area contributed by atoms with Gasteiger partial charge in [-0.1, -0.05) is 17.3 Å². The molecule has 0 radical (unpaired) electrons. The Morgan fingerprint density at radius 1 is 1.43 bits per heavy atom. The van der Waals surface area contributed by atoms with Gasteiger partial charge in [0.2, 0.25) is 5.91 Å². The van der Waals surface area contributed by atoms with Crippen LogP contribution in [0.3, 0.4) is 0 Å². The molecule has 7 heteroatoms. The first-order valence-electron chi connectivity index (χ1n) is 8.07. The first kappa shape index (κ1) is 15.9. The molecule has 124 valence electrons. The number of rotatable bonds is 8. The van der Waals surface area contributed by atoms with Crippen molar-refractivity contribution in [3.63, 3.8) is 0 Å². The summed E-state index contributed by atoms with van der Waals surface area (Å²) in [5.41, 5.74) is 1.66. The lowest BCUT2D eigenvalue weighted by atomic mass is 10.2. The van der Waals surface area contributed by atoms with Gasteiger partial charge in [0.15, 0.2) is 0 Å². The van der Waals surface area contributed by atoms with Gasteiger partial charge in [0.05, 0.1) is 18.2 Å². The van der Waals surface area contributed by atoms with E-state index in [1.54, 1.807) is 4.68 Å². The predicted octanol–water partition coefficient (Wildman–Crippen LogP) is 1.13. The zero-order valence-corrected chi connectivity index (χ0v) is 13.1. The summed E-state index contributed by atoms with van der Waals surface area (Å²) in [6.07, 6.45) is 3.26. The minimum Gasteiger partial charge on any atom is -0.379 e. The van der Waals surface area contributed by atoms with E-state index in [9.17, 15) is 4.79 Å². The van der Waals surface area contributed by atoms with Crippen molar-refractivity contribution in [3.05, 3.63) is 24.3 Å². The molecule has 2 aromatic rings. The van der Waals surface area contributed by atoms with Crippen LogP contribution in [-0.2, 0) is 20.8 Å². The Hall–Kier alpha value is -1.99. The fourth-order valence-electron chi connectivity index (χ4n) is 2.62. The number of nitrogens with zero attached hydrogens (tertiary/aromatic N) is 3. The van der Waals surface area contributed by atoms with Crippen LogP contribution < -0.4 is 5.32 Å². The molecule has 0 spiro atoms. The van der Waals surface area contributed by atoms with Crippen molar-refractivity contribution in [1.82, 2.24) is 20.3 Å². The van der Waals surface area contributed by atoms with Crippen LogP contribution in [0.4, 0.5) is 0 Å². The van der Waals surface area contributed by atoms with Crippen molar-refractivity contribution in [2.24, 2.45) is 0 Å². The third kappa shape index (κ3) is 4.49. The maximum Gasteiger partial charge on any atom is 0.241 e. The van der Waals surface area contributed by atoms with Crippen LogP contribution in [0.25, 0.3) is 11.0 Å². The first-order chi connectivity index (χ1) is 11.3. The van der Waals surface area contributed by atoms with Crippen LogP contribution in [0.2, 0.25) is 0 Å². The number of ether oxygens (including phenoxy) is 2. The molecule has 1 aromatic heterocycles. The van der Waals surface area contributed by atoms with Gasteiger partial charge in [-0.15, -0.1) is 5.10 Å². The Morgan fingerprint density at radius 3 is 3.22 bits per heavy atom. The summed E-state index contributed by atoms with van der Waals surface area (Å²) >= 11 is 0. The van der Waals surface area contributed by atoms with Crippen LogP contribution in [0.15, 0.2) is 24.3 Å². The quantitative estimate of drug-likeness (QED) is 0.738. The summed E-state index contributed by atoms with van der Waals surface area (Å²) in [5, 5.41) is 10.9. The monoisotopic (exact) mass is 318 g/mol. The van der Waals surface area contributed by atoms with E-state index in [0.717, 1.165) is 36.9 Å². The van der Waals surface area contributed by atoms with Gasteiger partial charge in [-0.05, 0) is 31.4 Å². The molecule has 1 saturated heterocycles. The molecule has 0 bridgehead atoms. The van der Waals surface area contributed by atoms with Crippen LogP contribution in [0, 0.1) is 0 Å². The van der Waals surface area contributed by atoms with Gasteiger partial charge in [0, 0.05) is 19.8 Å². The number of hydrogen-bond donors (Lipinski definition) is 1. The van der Waals surface area contributed by atoms with Gasteiger partial charge in [-0.25, -0.2) is 4.68 Å². The second-order valence-electron chi connectivity index (χ2n) is 5.65. The molecule has 3 rings (SSSR count). The third-order valence-electron chi connectivity index (χ3n) is 3.83. The Labute approximate surface area is 134 Å². The van der Waals surface area contributed by atoms with E-state index in [1.807, 2.05) is 24.3 Å². The lowest BCUT2D eigenvalue weighted by Gasteiger charge is -2.10. The number of benzene rings is 1. The second kappa shape index (κ2) is 8.03. The lowest BCUT2D eigenvalue weighted by Crippen LogP contribution is -2.29. The SMILES string of the molecule is O=C(Cn1nnc2ccccc21)NCCCOCC1CCCO1. The van der Waals surface area contributed by atoms with Crippen LogP contribution in [-0.4, -0.2) is 53.4 Å². The zero-order valence-electron chi connectivity index (χ0n) is 13.1. The number of hydrogen-bond acceptors (Lipinski definition) is 5. The Morgan fingerprint density at radius 2 is 2.35 bits per heavy atom. The molecule has 1 aliphatic rings. The molecule has 1 aromatic carbocycles. The van der Waals surface area contributed by atoms with E-state index < -0.39 is 0 Å². The van der Waals surface area contributed by atoms with Crippen molar-refractivity contribution >= 4 is 16.9 Å². The van der Waals surface area contributed by atoms with Crippen LogP contribution in [0.1, 0.15) is 19.3 Å². The fraction of sp³-hybridized carbons (Fsp3) is 0.562. The Kier molecular flexibility index (Phi) is 5.55. The summed E-state index contributed by atoms with van der Waals surface area (Å²) in [5.74, 6) is -0.0696. The average molecular weight is 318 g/mol. The molecule has 23 heavy (non-hydrogen) atoms. The maximum atomic E-state index is 11.9. The van der Waals surface area contributed by atoms with Gasteiger partial charge in [-0.3, -0.25) is 4.79 Å². The van der Waals surface area contributed by atoms with Crippen molar-refractivity contribution in [2.75, 3.05) is 26.4 Å². The Balaban J connectivity index is 1.32. The highest BCUT2D eigenvalue weighted by Crippen LogP contribution is 2.12. The summed E-state index contributed by atoms with van der Waals surface area (Å²) in [6, 6.07) is 7.59. The normalized spacial score (nSPS) is 17.7. The fourth-order valence-corrected chi connectivity index (χ4v) is 2.62. The third-order valence-corrected chi connectivity index (χ3v) is 3.83. The van der Waals surface area contributed by atoms with Gasteiger partial charge < -0.3 is 14.8 Å². The molecule has 0 aliphatic carbocycles. The zero-order chi connectivity index (χ0) is 15.9. The molecular weight excluding hydrogens is 296 g/mol. The minimum absolute atomic E-state index is 0.0696. The molecule has 7 nitrogen and oxygen atoms in total. The first-order valence-corrected chi connectivity index (χ1v) is 8.07. The maximum absolute atomic E-state index is 11.9. The number of amides is 1. The molecule has 2 heterocycles. The summed E-state index contributed by atoms with van der Waals surface area (Å²) < 4.78 is 12.7. The van der Waals surface area contributed by atoms with Crippen LogP contribution in [0.5, 0.6) is 0 Å². The van der Waals surface area contributed by atoms with Crippen molar-refractivity contribution in [1.29, 1.82) is 0 Å². The average Bonchev–Trinajstić information content (AvgIpc) is 3.21. The van der Waals surface area contributed by atoms with Crippen molar-refractivity contribution in [2.45, 2.75) is 31.9 Å². The highest BCUT2D eigenvalue weighted by molar-refractivity contribution is 5.79. The van der Waals surface area contributed by atoms with Crippen molar-refractivity contribution < 1.29 is 14.3 Å². The molecule has 0 saturated carbocycles. The minimum atomic E-state index is -0.0696. The lowest BCUT2D eigenvalue weighted by molar-refractivity contribution is -0.121. The van der Waals surface area contributed by atoms with E-state index in [-0.39, 0.29) is 18.6 Å². The number of fused-ring (bicyclic) bond motifs is 1. The van der Waals surface area contributed by atoms with Gasteiger partial charge in [-0.2, -0.15) is 0 Å². The highest BCUT2D eigenvalue weighted by atomic mass is 16.5. The molecule has 1 amide bonds. The predicted molar refractivity (Wildman–Crippen MR) is 84.9 cm³/mol. The van der Waals surface area contributed by atoms with E-state index in [1.165, 1.54) is 0 Å². The van der Waals surface area contributed by atoms with E-state index >= 15 is 0 Å². The smallest absolute Gasteiger partial charge is 0.241 e. The topological polar surface area (TPSA) is 78.3 Å². The standard InChI is InChI=1S/C16H22N4O3/c21-16(11-20-15-7-2-1-6-14(15)18-19-20)17-8-4-9-22-12-13-5-3-10-23-13/h1-2,6-7,13H,3-5,8-12H2,(H,17,21). The van der Waals surface area contributed by atoms with Gasteiger partial charge in [0.1, 0.15) is 12.1 Å². The number of carbonyl (C=O) groups is 1. The number of nitrogens with one attached hydrogen (secondary N) is 1. The van der Waals surface area contributed by atoms with E-state index in [4.69, 9.17) is 9.47 Å². The largest absolute Gasteiger partial charge is 0.379 e. The highest BCUT2D eigenvalue weighted by Gasteiger charge is 2.15. The molecule has 1 fully saturated rings. The molecule has 1 aliphatic heterocycles. The number of para-hydroxylation sites is 1. The van der Waals surface area contributed by atoms with E-state index in [2.05, 4.69) is 15.6 Å². The molecule has 1 N–H and O–H groups in total. The molecule has 1 atom stereocenters. The van der Waals surface area contributed by atoms with Crippen LogP contribution >= 0.6 is 0 Å². The van der Waals surface area contributed by atoms with Crippen molar-refractivity contribution in [3.8, 4) is 0 Å². The number of aromatic nitrogens is 3. The van der Waals surface area contributed by atoms with Gasteiger partial charge >= 0.3 is 0 Å². The number of carbonyl (C=O) groups excluding carboxylic acids is 1. The molecule has 1 unspecified atom stereocenters. The van der Waals surface area contributed by atoms with Gasteiger partial charge in [0.25, 0.3) is 0 Å². The second-order valence-corrected chi connectivity index (χ2v) is 5.65. The summed E-state index contributed by atoms with van der Waals surface area (Å²) in [7, 11) is 0. The molecular formula is C16H22N4O3. The summed E-state index contributed by atoms with van der Waals surface area (Å²) in [6.45, 7) is 2.90. The van der Waals surface area contributed by atoms with E-state index in [0.29, 0.717) is 19.8 Å². The Bertz CT molecular complexity index is 637.